The number of cyclic esters (lactones) is 1. The number of carbonyl (C=O) groups excluding carboxylic acids is 4. The minimum Gasteiger partial charge on any atom is -0.442 e. The van der Waals surface area contributed by atoms with Crippen molar-refractivity contribution in [3.63, 3.8) is 0 Å². The lowest BCUT2D eigenvalue weighted by molar-refractivity contribution is -0.119. The Morgan fingerprint density at radius 2 is 1.71 bits per heavy atom. The van der Waals surface area contributed by atoms with Crippen molar-refractivity contribution in [2.75, 3.05) is 49.6 Å². The average molecular weight is 620 g/mol. The van der Waals surface area contributed by atoms with Crippen LogP contribution in [0.2, 0.25) is 0 Å². The number of aromatic nitrogens is 1. The van der Waals surface area contributed by atoms with E-state index in [-0.39, 0.29) is 19.6 Å². The molecule has 0 aromatic carbocycles. The van der Waals surface area contributed by atoms with Gasteiger partial charge in [0.15, 0.2) is 4.84 Å². The first-order valence-corrected chi connectivity index (χ1v) is 14.0. The average Bonchev–Trinajstić information content (AvgIpc) is 3.23. The summed E-state index contributed by atoms with van der Waals surface area (Å²) in [5.74, 6) is 0.0167. The summed E-state index contributed by atoms with van der Waals surface area (Å²) in [6, 6.07) is 3.46. The molecular weight excluding hydrogens is 579 g/mol. The highest BCUT2D eigenvalue weighted by Gasteiger charge is 2.34. The number of pyridine rings is 1. The van der Waals surface area contributed by atoms with E-state index in [2.05, 4.69) is 10.3 Å². The molecule has 0 bridgehead atoms. The molecule has 41 heavy (non-hydrogen) atoms. The summed E-state index contributed by atoms with van der Waals surface area (Å²) in [5.41, 5.74) is -1.01. The summed E-state index contributed by atoms with van der Waals surface area (Å²) < 4.78 is 16.3. The summed E-state index contributed by atoms with van der Waals surface area (Å²) in [6.45, 7) is 13.6. The van der Waals surface area contributed by atoms with Crippen molar-refractivity contribution < 1.29 is 33.4 Å². The first-order chi connectivity index (χ1) is 18.9. The Morgan fingerprint density at radius 3 is 2.22 bits per heavy atom. The molecule has 1 atom stereocenters. The van der Waals surface area contributed by atoms with Gasteiger partial charge in [-0.25, -0.2) is 29.4 Å². The number of amides is 4. The van der Waals surface area contributed by atoms with Gasteiger partial charge in [-0.2, -0.15) is 0 Å². The molecule has 1 aliphatic rings. The van der Waals surface area contributed by atoms with E-state index in [0.717, 1.165) is 5.01 Å². The number of likely N-dealkylation sites (N-methyl/N-ethyl adjacent to an activating group) is 1. The standard InChI is InChI=1S/C26H40Cl2N6O7/c1-9-32(12-13-34(24(38)41-26(5,6)7)31(8)22(36)40-25(2,3)4)19-11-10-17(14-29-19)33-16-18(39-23(33)37)15-30-21(35)20(27)28/h10-11,14,18,20H,9,12-13,15-16H2,1-8H3,(H,30,35)/t18-/m0/s1. The van der Waals surface area contributed by atoms with Crippen molar-refractivity contribution in [1.82, 2.24) is 20.3 Å². The molecule has 0 aliphatic carbocycles. The third-order valence-corrected chi connectivity index (χ3v) is 5.93. The number of hydrogen-bond acceptors (Lipinski definition) is 9. The smallest absolute Gasteiger partial charge is 0.429 e. The van der Waals surface area contributed by atoms with E-state index in [0.29, 0.717) is 24.6 Å². The van der Waals surface area contributed by atoms with Crippen LogP contribution in [-0.2, 0) is 19.0 Å². The van der Waals surface area contributed by atoms with Crippen molar-refractivity contribution in [3.05, 3.63) is 18.3 Å². The summed E-state index contributed by atoms with van der Waals surface area (Å²) in [4.78, 5) is 56.3. The molecule has 0 spiro atoms. The van der Waals surface area contributed by atoms with E-state index in [1.165, 1.54) is 23.2 Å². The first-order valence-electron chi connectivity index (χ1n) is 13.1. The Morgan fingerprint density at radius 1 is 1.10 bits per heavy atom. The Kier molecular flexibility index (Phi) is 11.7. The van der Waals surface area contributed by atoms with E-state index in [4.69, 9.17) is 37.4 Å². The monoisotopic (exact) mass is 618 g/mol. The topological polar surface area (TPSA) is 134 Å². The molecule has 0 saturated carbocycles. The van der Waals surface area contributed by atoms with Gasteiger partial charge < -0.3 is 24.4 Å². The fraction of sp³-hybridized carbons (Fsp3) is 0.654. The summed E-state index contributed by atoms with van der Waals surface area (Å²) in [6.07, 6.45) is -1.01. The maximum absolute atomic E-state index is 13.0. The maximum Gasteiger partial charge on any atom is 0.429 e. The molecule has 0 radical (unpaired) electrons. The van der Waals surface area contributed by atoms with E-state index in [9.17, 15) is 19.2 Å². The molecule has 230 valence electrons. The Labute approximate surface area is 250 Å². The number of halogens is 2. The van der Waals surface area contributed by atoms with Gasteiger partial charge in [-0.05, 0) is 60.6 Å². The van der Waals surface area contributed by atoms with Crippen LogP contribution in [0, 0.1) is 0 Å². The molecule has 15 heteroatoms. The van der Waals surface area contributed by atoms with E-state index >= 15 is 0 Å². The van der Waals surface area contributed by atoms with Gasteiger partial charge in [0.2, 0.25) is 0 Å². The predicted octanol–water partition coefficient (Wildman–Crippen LogP) is 4.17. The fourth-order valence-corrected chi connectivity index (χ4v) is 3.76. The minimum absolute atomic E-state index is 0.0675. The highest BCUT2D eigenvalue weighted by Crippen LogP contribution is 2.23. The number of nitrogens with zero attached hydrogens (tertiary/aromatic N) is 5. The molecule has 2 rings (SSSR count). The van der Waals surface area contributed by atoms with Gasteiger partial charge in [0, 0.05) is 20.1 Å². The van der Waals surface area contributed by atoms with Crippen LogP contribution >= 0.6 is 23.2 Å². The fourth-order valence-electron chi connectivity index (χ4n) is 3.61. The normalized spacial score (nSPS) is 15.3. The van der Waals surface area contributed by atoms with Crippen LogP contribution in [-0.4, -0.2) is 101 Å². The highest BCUT2D eigenvalue weighted by atomic mass is 35.5. The molecule has 1 aromatic heterocycles. The van der Waals surface area contributed by atoms with Gasteiger partial charge in [0.05, 0.1) is 31.5 Å². The number of alkyl halides is 2. The summed E-state index contributed by atoms with van der Waals surface area (Å²) in [5, 5.41) is 4.80. The van der Waals surface area contributed by atoms with Crippen LogP contribution in [0.3, 0.4) is 0 Å². The predicted molar refractivity (Wildman–Crippen MR) is 155 cm³/mol. The Bertz CT molecular complexity index is 1080. The Balaban J connectivity index is 2.10. The molecule has 1 aliphatic heterocycles. The summed E-state index contributed by atoms with van der Waals surface area (Å²) in [7, 11) is 1.44. The van der Waals surface area contributed by atoms with Crippen molar-refractivity contribution in [2.24, 2.45) is 0 Å². The molecule has 1 saturated heterocycles. The van der Waals surface area contributed by atoms with Gasteiger partial charge in [0.25, 0.3) is 5.91 Å². The second-order valence-electron chi connectivity index (χ2n) is 11.2. The number of carbonyl (C=O) groups is 4. The molecule has 4 amide bonds. The molecule has 0 unspecified atom stereocenters. The van der Waals surface area contributed by atoms with E-state index in [1.54, 1.807) is 53.7 Å². The minimum atomic E-state index is -1.21. The number of ether oxygens (including phenoxy) is 3. The van der Waals surface area contributed by atoms with Crippen LogP contribution in [0.25, 0.3) is 0 Å². The van der Waals surface area contributed by atoms with Crippen molar-refractivity contribution in [2.45, 2.75) is 70.6 Å². The molecular formula is C26H40Cl2N6O7. The zero-order chi connectivity index (χ0) is 31.1. The lowest BCUT2D eigenvalue weighted by atomic mass is 10.2. The molecule has 2 heterocycles. The SMILES string of the molecule is CCN(CCN(C(=O)OC(C)(C)C)N(C)C(=O)OC(C)(C)C)c1ccc(N2C[C@H](CNC(=O)C(Cl)Cl)OC2=O)cn1. The van der Waals surface area contributed by atoms with Crippen molar-refractivity contribution >= 4 is 58.9 Å². The zero-order valence-electron chi connectivity index (χ0n) is 24.8. The lowest BCUT2D eigenvalue weighted by Gasteiger charge is -2.35. The molecule has 1 aromatic rings. The van der Waals surface area contributed by atoms with Crippen molar-refractivity contribution in [1.29, 1.82) is 0 Å². The number of nitrogens with one attached hydrogen (secondary N) is 1. The van der Waals surface area contributed by atoms with Gasteiger partial charge in [-0.15, -0.1) is 0 Å². The summed E-state index contributed by atoms with van der Waals surface area (Å²) >= 11 is 11.1. The second-order valence-corrected chi connectivity index (χ2v) is 12.3. The highest BCUT2D eigenvalue weighted by molar-refractivity contribution is 6.53. The third-order valence-electron chi connectivity index (χ3n) is 5.53. The molecule has 1 fully saturated rings. The van der Waals surface area contributed by atoms with Crippen LogP contribution in [0.5, 0.6) is 0 Å². The van der Waals surface area contributed by atoms with Crippen molar-refractivity contribution in [3.8, 4) is 0 Å². The molecule has 1 N–H and O–H groups in total. The Hall–Kier alpha value is -3.19. The zero-order valence-corrected chi connectivity index (χ0v) is 26.3. The van der Waals surface area contributed by atoms with Crippen LogP contribution in [0.1, 0.15) is 48.5 Å². The second kappa shape index (κ2) is 14.1. The first kappa shape index (κ1) is 34.0. The maximum atomic E-state index is 13.0. The molecule has 13 nitrogen and oxygen atoms in total. The van der Waals surface area contributed by atoms with E-state index < -0.39 is 46.3 Å². The lowest BCUT2D eigenvalue weighted by Crippen LogP contribution is -2.53. The number of hydrazine groups is 1. The number of hydrogen-bond donors (Lipinski definition) is 1. The number of anilines is 2. The van der Waals surface area contributed by atoms with Crippen LogP contribution in [0.4, 0.5) is 25.9 Å². The van der Waals surface area contributed by atoms with Gasteiger partial charge in [-0.1, -0.05) is 23.2 Å². The van der Waals surface area contributed by atoms with Crippen LogP contribution < -0.4 is 15.1 Å². The third kappa shape index (κ3) is 10.6. The van der Waals surface area contributed by atoms with Gasteiger partial charge in [-0.3, -0.25) is 9.69 Å². The number of rotatable bonds is 9. The van der Waals surface area contributed by atoms with Gasteiger partial charge >= 0.3 is 18.3 Å². The van der Waals surface area contributed by atoms with Crippen LogP contribution in [0.15, 0.2) is 18.3 Å². The van der Waals surface area contributed by atoms with Gasteiger partial charge in [0.1, 0.15) is 23.1 Å². The van der Waals surface area contributed by atoms with E-state index in [1.807, 2.05) is 11.8 Å². The quantitative estimate of drug-likeness (QED) is 0.246. The largest absolute Gasteiger partial charge is 0.442 e.